The first-order valence-electron chi connectivity index (χ1n) is 5.34. The summed E-state index contributed by atoms with van der Waals surface area (Å²) in [5, 5.41) is 6.72. The van der Waals surface area contributed by atoms with Crippen molar-refractivity contribution in [1.82, 2.24) is 15.5 Å². The molecule has 1 aliphatic rings. The van der Waals surface area contributed by atoms with Gasteiger partial charge in [-0.25, -0.2) is 0 Å². The van der Waals surface area contributed by atoms with Crippen molar-refractivity contribution >= 4 is 0 Å². The summed E-state index contributed by atoms with van der Waals surface area (Å²) >= 11 is 0. The van der Waals surface area contributed by atoms with Gasteiger partial charge < -0.3 is 19.3 Å². The minimum atomic E-state index is -4.36. The third-order valence-corrected chi connectivity index (χ3v) is 2.19. The molecule has 2 heterocycles. The Morgan fingerprint density at radius 1 is 1.44 bits per heavy atom. The first-order chi connectivity index (χ1) is 8.54. The smallest absolute Gasteiger partial charge is 0.367 e. The van der Waals surface area contributed by atoms with Crippen molar-refractivity contribution in [3.8, 4) is 0 Å². The minimum Gasteiger partial charge on any atom is -0.367 e. The Labute approximate surface area is 100 Å². The molecular weight excluding hydrogens is 255 g/mol. The van der Waals surface area contributed by atoms with E-state index in [4.69, 9.17) is 9.26 Å². The maximum absolute atomic E-state index is 11.8. The lowest BCUT2D eigenvalue weighted by atomic mass is 10.3. The largest absolute Gasteiger partial charge is 0.411 e. The molecule has 6 nitrogen and oxygen atoms in total. The molecule has 0 amide bonds. The van der Waals surface area contributed by atoms with Gasteiger partial charge >= 0.3 is 6.18 Å². The quantitative estimate of drug-likeness (QED) is 0.870. The maximum atomic E-state index is 11.8. The minimum absolute atomic E-state index is 0.00317. The number of nitrogens with zero attached hydrogens (tertiary/aromatic N) is 2. The Balaban J connectivity index is 1.82. The third-order valence-electron chi connectivity index (χ3n) is 2.19. The normalized spacial score (nSPS) is 21.2. The number of halogens is 3. The standard InChI is InChI=1S/C9H12F3N3O3/c10-9(11,12)5-16-4-7-14-8(15-18-7)6-3-13-1-2-17-6/h6,13H,1-5H2. The molecule has 9 heteroatoms. The summed E-state index contributed by atoms with van der Waals surface area (Å²) in [5.41, 5.74) is 0. The van der Waals surface area contributed by atoms with Crippen LogP contribution in [-0.2, 0) is 16.1 Å². The van der Waals surface area contributed by atoms with Gasteiger partial charge in [0.05, 0.1) is 6.61 Å². The predicted octanol–water partition coefficient (Wildman–Crippen LogP) is 0.809. The summed E-state index contributed by atoms with van der Waals surface area (Å²) in [7, 11) is 0. The first-order valence-corrected chi connectivity index (χ1v) is 5.34. The van der Waals surface area contributed by atoms with Crippen molar-refractivity contribution in [2.75, 3.05) is 26.3 Å². The topological polar surface area (TPSA) is 69.4 Å². The molecule has 0 bridgehead atoms. The molecule has 1 unspecified atom stereocenters. The van der Waals surface area contributed by atoms with E-state index in [0.29, 0.717) is 19.0 Å². The maximum Gasteiger partial charge on any atom is 0.411 e. The summed E-state index contributed by atoms with van der Waals surface area (Å²) in [6.45, 7) is 0.107. The first kappa shape index (κ1) is 13.2. The number of hydrogen-bond acceptors (Lipinski definition) is 6. The summed E-state index contributed by atoms with van der Waals surface area (Å²) < 4.78 is 50.0. The van der Waals surface area contributed by atoms with Gasteiger partial charge in [-0.05, 0) is 0 Å². The predicted molar refractivity (Wildman–Crippen MR) is 51.6 cm³/mol. The number of rotatable bonds is 4. The highest BCUT2D eigenvalue weighted by Crippen LogP contribution is 2.17. The lowest BCUT2D eigenvalue weighted by Crippen LogP contribution is -2.33. The molecule has 102 valence electrons. The van der Waals surface area contributed by atoms with Crippen molar-refractivity contribution in [2.45, 2.75) is 18.9 Å². The summed E-state index contributed by atoms with van der Waals surface area (Å²) in [5.74, 6) is 0.316. The number of aromatic nitrogens is 2. The van der Waals surface area contributed by atoms with Gasteiger partial charge in [-0.2, -0.15) is 18.2 Å². The second kappa shape index (κ2) is 5.63. The average molecular weight is 267 g/mol. The van der Waals surface area contributed by atoms with E-state index in [2.05, 4.69) is 20.2 Å². The van der Waals surface area contributed by atoms with E-state index < -0.39 is 12.8 Å². The monoisotopic (exact) mass is 267 g/mol. The number of hydrogen-bond donors (Lipinski definition) is 1. The summed E-state index contributed by atoms with van der Waals surface area (Å²) in [4.78, 5) is 3.92. The van der Waals surface area contributed by atoms with Gasteiger partial charge in [0.1, 0.15) is 19.3 Å². The van der Waals surface area contributed by atoms with Gasteiger partial charge in [0.25, 0.3) is 5.89 Å². The molecule has 0 saturated carbocycles. The van der Waals surface area contributed by atoms with Crippen LogP contribution in [0.3, 0.4) is 0 Å². The van der Waals surface area contributed by atoms with Crippen molar-refractivity contribution in [1.29, 1.82) is 0 Å². The molecule has 0 radical (unpaired) electrons. The Hall–Kier alpha value is -1.19. The zero-order chi connectivity index (χ0) is 13.0. The van der Waals surface area contributed by atoms with Gasteiger partial charge in [0, 0.05) is 13.1 Å². The molecule has 18 heavy (non-hydrogen) atoms. The highest BCUT2D eigenvalue weighted by molar-refractivity contribution is 4.92. The van der Waals surface area contributed by atoms with Crippen LogP contribution in [0, 0.1) is 0 Å². The van der Waals surface area contributed by atoms with E-state index in [1.165, 1.54) is 0 Å². The number of nitrogens with one attached hydrogen (secondary N) is 1. The van der Waals surface area contributed by atoms with Gasteiger partial charge in [-0.3, -0.25) is 0 Å². The van der Waals surface area contributed by atoms with E-state index in [0.717, 1.165) is 6.54 Å². The van der Waals surface area contributed by atoms with Crippen molar-refractivity contribution in [2.24, 2.45) is 0 Å². The molecule has 1 saturated heterocycles. The van der Waals surface area contributed by atoms with E-state index >= 15 is 0 Å². The van der Waals surface area contributed by atoms with Crippen LogP contribution in [0.25, 0.3) is 0 Å². The van der Waals surface area contributed by atoms with Crippen molar-refractivity contribution < 1.29 is 27.2 Å². The number of morpholine rings is 1. The molecule has 1 aliphatic heterocycles. The molecule has 1 N–H and O–H groups in total. The zero-order valence-corrected chi connectivity index (χ0v) is 9.37. The molecule has 1 fully saturated rings. The van der Waals surface area contributed by atoms with Gasteiger partial charge in [0.15, 0.2) is 0 Å². The highest BCUT2D eigenvalue weighted by atomic mass is 19.4. The van der Waals surface area contributed by atoms with E-state index in [1.54, 1.807) is 0 Å². The van der Waals surface area contributed by atoms with Crippen LogP contribution in [0.1, 0.15) is 17.8 Å². The molecule has 0 aromatic carbocycles. The molecule has 1 atom stereocenters. The van der Waals surface area contributed by atoms with Gasteiger partial charge in [0.2, 0.25) is 5.82 Å². The van der Waals surface area contributed by atoms with E-state index in [-0.39, 0.29) is 18.6 Å². The second-order valence-corrected chi connectivity index (χ2v) is 3.72. The molecule has 2 rings (SSSR count). The van der Waals surface area contributed by atoms with Gasteiger partial charge in [-0.1, -0.05) is 5.16 Å². The zero-order valence-electron chi connectivity index (χ0n) is 9.37. The van der Waals surface area contributed by atoms with Crippen molar-refractivity contribution in [3.63, 3.8) is 0 Å². The lowest BCUT2D eigenvalue weighted by molar-refractivity contribution is -0.178. The SMILES string of the molecule is FC(F)(F)COCc1nc(C2CNCCO2)no1. The van der Waals surface area contributed by atoms with Crippen LogP contribution < -0.4 is 5.32 Å². The fourth-order valence-electron chi connectivity index (χ4n) is 1.44. The van der Waals surface area contributed by atoms with Crippen LogP contribution >= 0.6 is 0 Å². The Bertz CT molecular complexity index is 377. The van der Waals surface area contributed by atoms with Gasteiger partial charge in [-0.15, -0.1) is 0 Å². The van der Waals surface area contributed by atoms with Crippen LogP contribution in [0.5, 0.6) is 0 Å². The van der Waals surface area contributed by atoms with Crippen molar-refractivity contribution in [3.05, 3.63) is 11.7 Å². The third kappa shape index (κ3) is 3.93. The number of ether oxygens (including phenoxy) is 2. The fraction of sp³-hybridized carbons (Fsp3) is 0.778. The molecule has 1 aromatic heterocycles. The Morgan fingerprint density at radius 2 is 2.28 bits per heavy atom. The second-order valence-electron chi connectivity index (χ2n) is 3.72. The summed E-state index contributed by atoms with van der Waals surface area (Å²) in [6.07, 6.45) is -4.70. The Morgan fingerprint density at radius 3 is 2.94 bits per heavy atom. The molecule has 1 aromatic rings. The molecule has 0 spiro atoms. The highest BCUT2D eigenvalue weighted by Gasteiger charge is 2.28. The lowest BCUT2D eigenvalue weighted by Gasteiger charge is -2.20. The molecular formula is C9H12F3N3O3. The van der Waals surface area contributed by atoms with Crippen LogP contribution in [0.15, 0.2) is 4.52 Å². The summed E-state index contributed by atoms with van der Waals surface area (Å²) in [6, 6.07) is 0. The van der Waals surface area contributed by atoms with Crippen LogP contribution in [0.2, 0.25) is 0 Å². The van der Waals surface area contributed by atoms with E-state index in [1.807, 2.05) is 0 Å². The van der Waals surface area contributed by atoms with E-state index in [9.17, 15) is 13.2 Å². The molecule has 0 aliphatic carbocycles. The van der Waals surface area contributed by atoms with Crippen LogP contribution in [-0.4, -0.2) is 42.6 Å². The van der Waals surface area contributed by atoms with Crippen LogP contribution in [0.4, 0.5) is 13.2 Å². The Kier molecular flexibility index (Phi) is 4.15. The fourth-order valence-corrected chi connectivity index (χ4v) is 1.44. The number of alkyl halides is 3. The average Bonchev–Trinajstić information content (AvgIpc) is 2.77.